The summed E-state index contributed by atoms with van der Waals surface area (Å²) in [6.45, 7) is 14.5. The van der Waals surface area contributed by atoms with Gasteiger partial charge in [-0.3, -0.25) is 0 Å². The molecule has 1 aromatic rings. The Balaban J connectivity index is 2.17. The van der Waals surface area contributed by atoms with Crippen LogP contribution in [0.1, 0.15) is 79.2 Å². The number of benzene rings is 1. The predicted molar refractivity (Wildman–Crippen MR) is 104 cm³/mol. The first kappa shape index (κ1) is 19.2. The molecule has 0 radical (unpaired) electrons. The molecular weight excluding hydrogens is 328 g/mol. The van der Waals surface area contributed by atoms with Crippen LogP contribution in [-0.4, -0.2) is 22.9 Å². The topological polar surface area (TPSA) is 47.9 Å². The van der Waals surface area contributed by atoms with Crippen molar-refractivity contribution in [2.24, 2.45) is 11.8 Å². The highest BCUT2D eigenvalue weighted by molar-refractivity contribution is 5.64. The molecule has 1 saturated carbocycles. The highest BCUT2D eigenvalue weighted by Gasteiger charge is 2.47. The summed E-state index contributed by atoms with van der Waals surface area (Å²) in [5.74, 6) is 3.36. The molecule has 26 heavy (non-hydrogen) atoms. The molecular formula is C22H34O4. The molecule has 4 nitrogen and oxygen atoms in total. The van der Waals surface area contributed by atoms with E-state index in [4.69, 9.17) is 14.2 Å². The molecule has 0 spiro atoms. The molecule has 2 aliphatic rings. The Morgan fingerprint density at radius 1 is 1.08 bits per heavy atom. The van der Waals surface area contributed by atoms with E-state index in [1.807, 2.05) is 33.8 Å². The van der Waals surface area contributed by atoms with Gasteiger partial charge in [0.05, 0.1) is 12.2 Å². The van der Waals surface area contributed by atoms with Crippen LogP contribution in [0.5, 0.6) is 23.0 Å². The zero-order valence-electron chi connectivity index (χ0n) is 17.3. The van der Waals surface area contributed by atoms with E-state index in [0.29, 0.717) is 29.3 Å². The van der Waals surface area contributed by atoms with Gasteiger partial charge in [-0.05, 0) is 72.3 Å². The van der Waals surface area contributed by atoms with Gasteiger partial charge in [-0.15, -0.1) is 0 Å². The van der Waals surface area contributed by atoms with Crippen molar-refractivity contribution in [2.75, 3.05) is 0 Å². The highest BCUT2D eigenvalue weighted by Crippen LogP contribution is 2.59. The Kier molecular flexibility index (Phi) is 5.06. The largest absolute Gasteiger partial charge is 0.504 e. The Labute approximate surface area is 157 Å². The van der Waals surface area contributed by atoms with Gasteiger partial charge in [-0.1, -0.05) is 13.3 Å². The number of fused-ring (bicyclic) bond motifs is 3. The maximum atomic E-state index is 10.7. The van der Waals surface area contributed by atoms with Crippen LogP contribution in [0.4, 0.5) is 0 Å². The van der Waals surface area contributed by atoms with Gasteiger partial charge in [0.1, 0.15) is 5.60 Å². The number of phenols is 1. The molecule has 0 saturated heterocycles. The number of hydrogen-bond acceptors (Lipinski definition) is 4. The number of ether oxygens (including phenoxy) is 3. The van der Waals surface area contributed by atoms with Crippen LogP contribution >= 0.6 is 0 Å². The first-order valence-corrected chi connectivity index (χ1v) is 10.0. The minimum Gasteiger partial charge on any atom is -0.504 e. The third kappa shape index (κ3) is 3.47. The van der Waals surface area contributed by atoms with Crippen LogP contribution in [0.25, 0.3) is 0 Å². The average Bonchev–Trinajstić information content (AvgIpc) is 2.51. The van der Waals surface area contributed by atoms with E-state index in [9.17, 15) is 5.11 Å². The first-order chi connectivity index (χ1) is 12.1. The lowest BCUT2D eigenvalue weighted by molar-refractivity contribution is -0.0174. The van der Waals surface area contributed by atoms with Gasteiger partial charge in [-0.2, -0.15) is 0 Å². The van der Waals surface area contributed by atoms with E-state index in [1.165, 1.54) is 6.42 Å². The summed E-state index contributed by atoms with van der Waals surface area (Å²) in [5, 5.41) is 10.7. The molecule has 0 unspecified atom stereocenters. The van der Waals surface area contributed by atoms with E-state index in [2.05, 4.69) is 20.8 Å². The second kappa shape index (κ2) is 6.86. The SMILES string of the molecule is CC(C)Oc1c(O)cc2c(c1OC(C)C)OC(C)(C)[C@@H]1CC[C@H](C)C[C@@H]21. The van der Waals surface area contributed by atoms with Crippen LogP contribution in [-0.2, 0) is 0 Å². The lowest BCUT2D eigenvalue weighted by atomic mass is 9.64. The lowest BCUT2D eigenvalue weighted by Gasteiger charge is -2.49. The molecule has 1 fully saturated rings. The molecule has 1 aliphatic heterocycles. The van der Waals surface area contributed by atoms with Gasteiger partial charge >= 0.3 is 0 Å². The van der Waals surface area contributed by atoms with Crippen LogP contribution in [0.15, 0.2) is 6.07 Å². The smallest absolute Gasteiger partial charge is 0.208 e. The second-order valence-electron chi connectivity index (χ2n) is 9.14. The Hall–Kier alpha value is -1.58. The van der Waals surface area contributed by atoms with Gasteiger partial charge in [0.25, 0.3) is 0 Å². The van der Waals surface area contributed by atoms with Gasteiger partial charge in [-0.25, -0.2) is 0 Å². The minimum absolute atomic E-state index is 0.0369. The molecule has 1 aromatic carbocycles. The average molecular weight is 363 g/mol. The minimum atomic E-state index is -0.265. The van der Waals surface area contributed by atoms with Crippen molar-refractivity contribution in [1.82, 2.24) is 0 Å². The molecule has 3 atom stereocenters. The number of rotatable bonds is 4. The normalized spacial score (nSPS) is 26.9. The van der Waals surface area contributed by atoms with Crippen LogP contribution < -0.4 is 14.2 Å². The highest BCUT2D eigenvalue weighted by atomic mass is 16.6. The van der Waals surface area contributed by atoms with Crippen molar-refractivity contribution in [3.05, 3.63) is 11.6 Å². The maximum absolute atomic E-state index is 10.7. The number of phenolic OH excluding ortho intramolecular Hbond substituents is 1. The van der Waals surface area contributed by atoms with Crippen molar-refractivity contribution in [1.29, 1.82) is 0 Å². The molecule has 1 N–H and O–H groups in total. The lowest BCUT2D eigenvalue weighted by Crippen LogP contribution is -2.46. The van der Waals surface area contributed by atoms with Crippen LogP contribution in [0.3, 0.4) is 0 Å². The zero-order valence-corrected chi connectivity index (χ0v) is 17.3. The monoisotopic (exact) mass is 362 g/mol. The van der Waals surface area contributed by atoms with Crippen molar-refractivity contribution >= 4 is 0 Å². The van der Waals surface area contributed by atoms with E-state index in [1.54, 1.807) is 0 Å². The second-order valence-corrected chi connectivity index (χ2v) is 9.14. The Bertz CT molecular complexity index is 663. The van der Waals surface area contributed by atoms with Crippen molar-refractivity contribution in [2.45, 2.75) is 91.5 Å². The fraction of sp³-hybridized carbons (Fsp3) is 0.727. The Morgan fingerprint density at radius 3 is 2.31 bits per heavy atom. The summed E-state index contributed by atoms with van der Waals surface area (Å²) in [6, 6.07) is 1.85. The summed E-state index contributed by atoms with van der Waals surface area (Å²) in [4.78, 5) is 0. The molecule has 1 aliphatic carbocycles. The van der Waals surface area contributed by atoms with Gasteiger partial charge in [0.2, 0.25) is 11.5 Å². The quantitative estimate of drug-likeness (QED) is 0.751. The van der Waals surface area contributed by atoms with E-state index < -0.39 is 0 Å². The van der Waals surface area contributed by atoms with Gasteiger partial charge < -0.3 is 19.3 Å². The molecule has 0 amide bonds. The van der Waals surface area contributed by atoms with Gasteiger partial charge in [0, 0.05) is 11.5 Å². The van der Waals surface area contributed by atoms with E-state index >= 15 is 0 Å². The molecule has 146 valence electrons. The molecule has 0 bridgehead atoms. The standard InChI is InChI=1S/C22H34O4/c1-12(2)24-20-18(23)11-16-15-10-14(5)8-9-17(15)22(6,7)26-19(16)21(20)25-13(3)4/h11-15,17,23H,8-10H2,1-7H3/t14-,15-,17+/m0/s1. The molecule has 3 rings (SSSR count). The summed E-state index contributed by atoms with van der Waals surface area (Å²) in [6.07, 6.45) is 3.41. The summed E-state index contributed by atoms with van der Waals surface area (Å²) < 4.78 is 18.5. The molecule has 1 heterocycles. The molecule has 4 heteroatoms. The fourth-order valence-corrected chi connectivity index (χ4v) is 4.60. The van der Waals surface area contributed by atoms with E-state index in [-0.39, 0.29) is 23.6 Å². The summed E-state index contributed by atoms with van der Waals surface area (Å²) in [7, 11) is 0. The maximum Gasteiger partial charge on any atom is 0.208 e. The zero-order chi connectivity index (χ0) is 19.2. The van der Waals surface area contributed by atoms with Crippen LogP contribution in [0.2, 0.25) is 0 Å². The number of aromatic hydroxyl groups is 1. The fourth-order valence-electron chi connectivity index (χ4n) is 4.60. The third-order valence-electron chi connectivity index (χ3n) is 5.68. The van der Waals surface area contributed by atoms with Crippen molar-refractivity contribution < 1.29 is 19.3 Å². The first-order valence-electron chi connectivity index (χ1n) is 10.0. The predicted octanol–water partition coefficient (Wildman–Crippen LogP) is 5.66. The summed E-state index contributed by atoms with van der Waals surface area (Å²) in [5.41, 5.74) is 0.809. The molecule has 0 aromatic heterocycles. The Morgan fingerprint density at radius 2 is 1.69 bits per heavy atom. The number of hydrogen-bond donors (Lipinski definition) is 1. The third-order valence-corrected chi connectivity index (χ3v) is 5.68. The van der Waals surface area contributed by atoms with Crippen molar-refractivity contribution in [3.63, 3.8) is 0 Å². The summed E-state index contributed by atoms with van der Waals surface area (Å²) >= 11 is 0. The van der Waals surface area contributed by atoms with E-state index in [0.717, 1.165) is 24.2 Å². The van der Waals surface area contributed by atoms with Crippen LogP contribution in [0, 0.1) is 11.8 Å². The van der Waals surface area contributed by atoms with Gasteiger partial charge in [0.15, 0.2) is 11.5 Å². The van der Waals surface area contributed by atoms with Crippen molar-refractivity contribution in [3.8, 4) is 23.0 Å².